The quantitative estimate of drug-likeness (QED) is 0.829. The van der Waals surface area contributed by atoms with Gasteiger partial charge in [0.1, 0.15) is 11.9 Å². The maximum atomic E-state index is 6.30. The van der Waals surface area contributed by atoms with Crippen molar-refractivity contribution in [2.45, 2.75) is 32.4 Å². The van der Waals surface area contributed by atoms with E-state index in [9.17, 15) is 0 Å². The van der Waals surface area contributed by atoms with Crippen LogP contribution in [-0.2, 0) is 0 Å². The van der Waals surface area contributed by atoms with E-state index < -0.39 is 0 Å². The van der Waals surface area contributed by atoms with Crippen LogP contribution in [0, 0.1) is 13.8 Å². The van der Waals surface area contributed by atoms with Crippen molar-refractivity contribution < 1.29 is 4.74 Å². The molecule has 3 rings (SSSR count). The van der Waals surface area contributed by atoms with E-state index in [1.54, 1.807) is 0 Å². The van der Waals surface area contributed by atoms with Crippen LogP contribution in [0.2, 0.25) is 0 Å². The Morgan fingerprint density at radius 1 is 1.10 bits per heavy atom. The van der Waals surface area contributed by atoms with Gasteiger partial charge in [0.2, 0.25) is 0 Å². The van der Waals surface area contributed by atoms with Gasteiger partial charge < -0.3 is 10.5 Å². The molecule has 2 N–H and O–H groups in total. The third-order valence-electron chi connectivity index (χ3n) is 3.73. The topological polar surface area (TPSA) is 35.2 Å². The summed E-state index contributed by atoms with van der Waals surface area (Å²) in [5, 5.41) is 0. The third-order valence-corrected chi connectivity index (χ3v) is 4.22. The molecule has 0 spiro atoms. The molecule has 0 aromatic heterocycles. The second-order valence-corrected chi connectivity index (χ2v) is 6.47. The molecule has 0 radical (unpaired) electrons. The Morgan fingerprint density at radius 2 is 1.80 bits per heavy atom. The molecule has 1 heterocycles. The van der Waals surface area contributed by atoms with Gasteiger partial charge in [-0.2, -0.15) is 0 Å². The number of ether oxygens (including phenoxy) is 1. The fourth-order valence-electron chi connectivity index (χ4n) is 2.88. The van der Waals surface area contributed by atoms with Crippen LogP contribution < -0.4 is 10.5 Å². The molecule has 1 aliphatic rings. The lowest BCUT2D eigenvalue weighted by Crippen LogP contribution is -2.24. The Hall–Kier alpha value is -1.32. The number of benzene rings is 2. The molecule has 2 atom stereocenters. The van der Waals surface area contributed by atoms with Crippen LogP contribution >= 0.6 is 15.9 Å². The van der Waals surface area contributed by atoms with E-state index in [2.05, 4.69) is 48.0 Å². The van der Waals surface area contributed by atoms with Crippen molar-refractivity contribution in [2.24, 2.45) is 5.73 Å². The summed E-state index contributed by atoms with van der Waals surface area (Å²) >= 11 is 3.49. The Kier molecular flexibility index (Phi) is 3.57. The van der Waals surface area contributed by atoms with E-state index in [0.29, 0.717) is 0 Å². The first-order chi connectivity index (χ1) is 9.52. The monoisotopic (exact) mass is 331 g/mol. The molecule has 0 saturated heterocycles. The van der Waals surface area contributed by atoms with Crippen molar-refractivity contribution in [3.8, 4) is 5.75 Å². The minimum Gasteiger partial charge on any atom is -0.485 e. The maximum absolute atomic E-state index is 6.30. The number of nitrogens with two attached hydrogens (primary N) is 1. The van der Waals surface area contributed by atoms with Crippen LogP contribution in [-0.4, -0.2) is 0 Å². The standard InChI is InChI=1S/C17H18BrNO/c1-10-5-11(2)7-12(6-10)16-9-15(19)14-4-3-13(18)8-17(14)20-16/h3-8,15-16H,9,19H2,1-2H3/t15-,16?/m0/s1. The minimum absolute atomic E-state index is 0.0256. The van der Waals surface area contributed by atoms with Crippen molar-refractivity contribution in [1.82, 2.24) is 0 Å². The zero-order valence-electron chi connectivity index (χ0n) is 11.7. The minimum atomic E-state index is 0.0256. The second kappa shape index (κ2) is 5.23. The summed E-state index contributed by atoms with van der Waals surface area (Å²) < 4.78 is 7.19. The van der Waals surface area contributed by atoms with Crippen LogP contribution in [0.4, 0.5) is 0 Å². The van der Waals surface area contributed by atoms with Crippen molar-refractivity contribution in [2.75, 3.05) is 0 Å². The largest absolute Gasteiger partial charge is 0.485 e. The van der Waals surface area contributed by atoms with E-state index in [1.165, 1.54) is 16.7 Å². The molecule has 0 aliphatic carbocycles. The Morgan fingerprint density at radius 3 is 2.50 bits per heavy atom. The van der Waals surface area contributed by atoms with Crippen LogP contribution in [0.15, 0.2) is 40.9 Å². The molecule has 0 saturated carbocycles. The summed E-state index contributed by atoms with van der Waals surface area (Å²) in [5.74, 6) is 0.891. The Labute approximate surface area is 128 Å². The first-order valence-corrected chi connectivity index (χ1v) is 7.62. The molecule has 3 heteroatoms. The molecule has 0 amide bonds. The average molecular weight is 332 g/mol. The van der Waals surface area contributed by atoms with Crippen molar-refractivity contribution in [1.29, 1.82) is 0 Å². The molecule has 1 aliphatic heterocycles. The van der Waals surface area contributed by atoms with Gasteiger partial charge in [0, 0.05) is 22.5 Å². The second-order valence-electron chi connectivity index (χ2n) is 5.55. The smallest absolute Gasteiger partial charge is 0.126 e. The zero-order valence-corrected chi connectivity index (χ0v) is 13.3. The van der Waals surface area contributed by atoms with Gasteiger partial charge in [-0.05, 0) is 31.5 Å². The first kappa shape index (κ1) is 13.7. The number of hydrogen-bond donors (Lipinski definition) is 1. The van der Waals surface area contributed by atoms with E-state index in [0.717, 1.165) is 22.2 Å². The van der Waals surface area contributed by atoms with Gasteiger partial charge in [0.25, 0.3) is 0 Å². The lowest BCUT2D eigenvalue weighted by molar-refractivity contribution is 0.161. The molecular formula is C17H18BrNO. The molecule has 104 valence electrons. The van der Waals surface area contributed by atoms with Gasteiger partial charge in [0.05, 0.1) is 0 Å². The number of rotatable bonds is 1. The summed E-state index contributed by atoms with van der Waals surface area (Å²) in [6.45, 7) is 4.23. The van der Waals surface area contributed by atoms with Gasteiger partial charge in [0.15, 0.2) is 0 Å². The van der Waals surface area contributed by atoms with E-state index in [1.807, 2.05) is 18.2 Å². The van der Waals surface area contributed by atoms with Gasteiger partial charge in [-0.25, -0.2) is 0 Å². The number of hydrogen-bond acceptors (Lipinski definition) is 2. The highest BCUT2D eigenvalue weighted by Crippen LogP contribution is 2.41. The summed E-state index contributed by atoms with van der Waals surface area (Å²) in [6, 6.07) is 12.6. The highest BCUT2D eigenvalue weighted by Gasteiger charge is 2.27. The fraction of sp³-hybridized carbons (Fsp3) is 0.294. The van der Waals surface area contributed by atoms with Crippen LogP contribution in [0.25, 0.3) is 0 Å². The summed E-state index contributed by atoms with van der Waals surface area (Å²) in [4.78, 5) is 0. The van der Waals surface area contributed by atoms with E-state index in [4.69, 9.17) is 10.5 Å². The molecule has 2 nitrogen and oxygen atoms in total. The Bertz CT molecular complexity index is 633. The third kappa shape index (κ3) is 2.60. The lowest BCUT2D eigenvalue weighted by Gasteiger charge is -2.31. The predicted molar refractivity (Wildman–Crippen MR) is 85.0 cm³/mol. The van der Waals surface area contributed by atoms with Crippen LogP contribution in [0.1, 0.15) is 40.8 Å². The Balaban J connectivity index is 1.98. The number of aryl methyl sites for hydroxylation is 2. The first-order valence-electron chi connectivity index (χ1n) is 6.83. The number of halogens is 1. The highest BCUT2D eigenvalue weighted by atomic mass is 79.9. The molecule has 1 unspecified atom stereocenters. The fourth-order valence-corrected chi connectivity index (χ4v) is 3.22. The lowest BCUT2D eigenvalue weighted by atomic mass is 9.92. The van der Waals surface area contributed by atoms with E-state index >= 15 is 0 Å². The number of fused-ring (bicyclic) bond motifs is 1. The van der Waals surface area contributed by atoms with Gasteiger partial charge >= 0.3 is 0 Å². The SMILES string of the molecule is Cc1cc(C)cc(C2C[C@H](N)c3ccc(Br)cc3O2)c1. The molecule has 0 fully saturated rings. The highest BCUT2D eigenvalue weighted by molar-refractivity contribution is 9.10. The summed E-state index contributed by atoms with van der Waals surface area (Å²) in [7, 11) is 0. The molecule has 20 heavy (non-hydrogen) atoms. The average Bonchev–Trinajstić information content (AvgIpc) is 2.36. The van der Waals surface area contributed by atoms with Crippen molar-refractivity contribution >= 4 is 15.9 Å². The van der Waals surface area contributed by atoms with Crippen molar-refractivity contribution in [3.05, 3.63) is 63.1 Å². The molecule has 0 bridgehead atoms. The zero-order chi connectivity index (χ0) is 14.3. The van der Waals surface area contributed by atoms with Crippen LogP contribution in [0.3, 0.4) is 0 Å². The molecular weight excluding hydrogens is 314 g/mol. The maximum Gasteiger partial charge on any atom is 0.126 e. The normalized spacial score (nSPS) is 21.2. The summed E-state index contributed by atoms with van der Waals surface area (Å²) in [6.07, 6.45) is 0.850. The molecule has 2 aromatic carbocycles. The molecule has 2 aromatic rings. The predicted octanol–water partition coefficient (Wildman–Crippen LogP) is 4.59. The van der Waals surface area contributed by atoms with Gasteiger partial charge in [-0.15, -0.1) is 0 Å². The van der Waals surface area contributed by atoms with Gasteiger partial charge in [-0.3, -0.25) is 0 Å². The van der Waals surface area contributed by atoms with Crippen molar-refractivity contribution in [3.63, 3.8) is 0 Å². The van der Waals surface area contributed by atoms with Gasteiger partial charge in [-0.1, -0.05) is 51.3 Å². The van der Waals surface area contributed by atoms with Crippen LogP contribution in [0.5, 0.6) is 5.75 Å². The van der Waals surface area contributed by atoms with E-state index in [-0.39, 0.29) is 12.1 Å². The summed E-state index contributed by atoms with van der Waals surface area (Å²) in [5.41, 5.74) is 11.1.